The van der Waals surface area contributed by atoms with Gasteiger partial charge in [-0.15, -0.1) is 0 Å². The molecule has 0 bridgehead atoms. The minimum Gasteiger partial charge on any atom is -0.207 e. The van der Waals surface area contributed by atoms with Crippen molar-refractivity contribution in [3.63, 3.8) is 0 Å². The SMILES string of the molecule is N#C/C(=C/c1ccc(F)cc1)c1ccc(Cl)cc1. The maximum Gasteiger partial charge on any atom is 0.123 e. The molecule has 0 spiro atoms. The summed E-state index contributed by atoms with van der Waals surface area (Å²) >= 11 is 5.79. The Morgan fingerprint density at radius 1 is 1.06 bits per heavy atom. The standard InChI is InChI=1S/C15H9ClFN/c16-14-5-3-12(4-6-14)13(10-18)9-11-1-7-15(17)8-2-11/h1-9H/b13-9-. The van der Waals surface area contributed by atoms with Crippen LogP contribution in [0, 0.1) is 17.1 Å². The van der Waals surface area contributed by atoms with Crippen LogP contribution < -0.4 is 0 Å². The highest BCUT2D eigenvalue weighted by Gasteiger charge is 2.01. The van der Waals surface area contributed by atoms with Crippen LogP contribution >= 0.6 is 11.6 Å². The summed E-state index contributed by atoms with van der Waals surface area (Å²) in [4.78, 5) is 0. The van der Waals surface area contributed by atoms with Gasteiger partial charge in [0.1, 0.15) is 5.82 Å². The highest BCUT2D eigenvalue weighted by atomic mass is 35.5. The summed E-state index contributed by atoms with van der Waals surface area (Å²) in [6.07, 6.45) is 1.71. The van der Waals surface area contributed by atoms with Crippen LogP contribution in [0.15, 0.2) is 48.5 Å². The maximum absolute atomic E-state index is 12.8. The van der Waals surface area contributed by atoms with E-state index in [-0.39, 0.29) is 5.82 Å². The molecule has 0 saturated carbocycles. The lowest BCUT2D eigenvalue weighted by Crippen LogP contribution is -1.82. The summed E-state index contributed by atoms with van der Waals surface area (Å²) in [6.45, 7) is 0. The first-order valence-electron chi connectivity index (χ1n) is 5.32. The lowest BCUT2D eigenvalue weighted by Gasteiger charge is -2.00. The van der Waals surface area contributed by atoms with Gasteiger partial charge in [0, 0.05) is 5.02 Å². The fourth-order valence-corrected chi connectivity index (χ4v) is 1.66. The molecule has 18 heavy (non-hydrogen) atoms. The van der Waals surface area contributed by atoms with Gasteiger partial charge in [0.25, 0.3) is 0 Å². The summed E-state index contributed by atoms with van der Waals surface area (Å²) < 4.78 is 12.8. The van der Waals surface area contributed by atoms with E-state index in [2.05, 4.69) is 6.07 Å². The average Bonchev–Trinajstić information content (AvgIpc) is 2.39. The van der Waals surface area contributed by atoms with Gasteiger partial charge in [-0.2, -0.15) is 5.26 Å². The van der Waals surface area contributed by atoms with Crippen LogP contribution in [0.2, 0.25) is 5.02 Å². The van der Waals surface area contributed by atoms with Crippen molar-refractivity contribution in [3.05, 3.63) is 70.5 Å². The average molecular weight is 258 g/mol. The number of hydrogen-bond acceptors (Lipinski definition) is 1. The molecule has 0 aliphatic heterocycles. The fourth-order valence-electron chi connectivity index (χ4n) is 1.54. The second-order valence-corrected chi connectivity index (χ2v) is 4.16. The molecular weight excluding hydrogens is 249 g/mol. The van der Waals surface area contributed by atoms with Crippen molar-refractivity contribution < 1.29 is 4.39 Å². The first-order valence-corrected chi connectivity index (χ1v) is 5.70. The van der Waals surface area contributed by atoms with E-state index in [9.17, 15) is 4.39 Å². The van der Waals surface area contributed by atoms with Crippen LogP contribution in [0.5, 0.6) is 0 Å². The molecule has 0 aliphatic carbocycles. The molecule has 0 saturated heterocycles. The van der Waals surface area contributed by atoms with Gasteiger partial charge in [0.05, 0.1) is 11.6 Å². The first-order chi connectivity index (χ1) is 8.69. The fraction of sp³-hybridized carbons (Fsp3) is 0. The van der Waals surface area contributed by atoms with Crippen LogP contribution in [0.25, 0.3) is 11.6 Å². The molecule has 2 aromatic rings. The van der Waals surface area contributed by atoms with Crippen molar-refractivity contribution >= 4 is 23.3 Å². The van der Waals surface area contributed by atoms with E-state index in [0.29, 0.717) is 10.6 Å². The predicted octanol–water partition coefficient (Wildman–Crippen LogP) is 4.54. The molecule has 0 aromatic heterocycles. The summed E-state index contributed by atoms with van der Waals surface area (Å²) in [7, 11) is 0. The Morgan fingerprint density at radius 2 is 1.67 bits per heavy atom. The summed E-state index contributed by atoms with van der Waals surface area (Å²) in [5, 5.41) is 9.76. The Kier molecular flexibility index (Phi) is 3.76. The largest absolute Gasteiger partial charge is 0.207 e. The number of nitriles is 1. The van der Waals surface area contributed by atoms with Gasteiger partial charge in [0.2, 0.25) is 0 Å². The molecule has 0 fully saturated rings. The van der Waals surface area contributed by atoms with E-state index in [1.807, 2.05) is 0 Å². The van der Waals surface area contributed by atoms with Gasteiger partial charge >= 0.3 is 0 Å². The number of benzene rings is 2. The summed E-state index contributed by atoms with van der Waals surface area (Å²) in [6, 6.07) is 15.1. The minimum absolute atomic E-state index is 0.294. The van der Waals surface area contributed by atoms with Gasteiger partial charge in [-0.05, 0) is 41.5 Å². The monoisotopic (exact) mass is 257 g/mol. The molecule has 2 rings (SSSR count). The van der Waals surface area contributed by atoms with E-state index in [4.69, 9.17) is 16.9 Å². The first kappa shape index (κ1) is 12.3. The topological polar surface area (TPSA) is 23.8 Å². The zero-order chi connectivity index (χ0) is 13.0. The molecular formula is C15H9ClFN. The normalized spacial score (nSPS) is 11.1. The van der Waals surface area contributed by atoms with Gasteiger partial charge < -0.3 is 0 Å². The third kappa shape index (κ3) is 2.97. The summed E-state index contributed by atoms with van der Waals surface area (Å²) in [5.74, 6) is -0.294. The van der Waals surface area contributed by atoms with Gasteiger partial charge in [-0.25, -0.2) is 4.39 Å². The molecule has 0 radical (unpaired) electrons. The Balaban J connectivity index is 2.37. The number of halogens is 2. The summed E-state index contributed by atoms with van der Waals surface area (Å²) in [5.41, 5.74) is 2.08. The molecule has 0 amide bonds. The lowest BCUT2D eigenvalue weighted by molar-refractivity contribution is 0.628. The zero-order valence-electron chi connectivity index (χ0n) is 9.40. The number of rotatable bonds is 2. The Bertz CT molecular complexity index is 606. The Morgan fingerprint density at radius 3 is 2.22 bits per heavy atom. The molecule has 0 heterocycles. The highest BCUT2D eigenvalue weighted by Crippen LogP contribution is 2.19. The van der Waals surface area contributed by atoms with Crippen molar-refractivity contribution in [2.24, 2.45) is 0 Å². The van der Waals surface area contributed by atoms with Crippen molar-refractivity contribution in [1.82, 2.24) is 0 Å². The van der Waals surface area contributed by atoms with Crippen molar-refractivity contribution in [1.29, 1.82) is 5.26 Å². The molecule has 0 atom stereocenters. The zero-order valence-corrected chi connectivity index (χ0v) is 10.2. The number of nitrogens with zero attached hydrogens (tertiary/aromatic N) is 1. The lowest BCUT2D eigenvalue weighted by atomic mass is 10.0. The quantitative estimate of drug-likeness (QED) is 0.572. The van der Waals surface area contributed by atoms with Crippen LogP contribution in [0.3, 0.4) is 0 Å². The molecule has 0 N–H and O–H groups in total. The Labute approximate surface area is 110 Å². The smallest absolute Gasteiger partial charge is 0.123 e. The highest BCUT2D eigenvalue weighted by molar-refractivity contribution is 6.30. The van der Waals surface area contributed by atoms with Gasteiger partial charge in [-0.3, -0.25) is 0 Å². The minimum atomic E-state index is -0.294. The second kappa shape index (κ2) is 5.48. The number of hydrogen-bond donors (Lipinski definition) is 0. The van der Waals surface area contributed by atoms with Crippen LogP contribution in [0.1, 0.15) is 11.1 Å². The molecule has 1 nitrogen and oxygen atoms in total. The van der Waals surface area contributed by atoms with Crippen LogP contribution in [-0.4, -0.2) is 0 Å². The maximum atomic E-state index is 12.8. The molecule has 2 aromatic carbocycles. The third-order valence-electron chi connectivity index (χ3n) is 2.46. The molecule has 0 unspecified atom stereocenters. The van der Waals surface area contributed by atoms with Gasteiger partial charge in [0.15, 0.2) is 0 Å². The molecule has 3 heteroatoms. The van der Waals surface area contributed by atoms with Crippen molar-refractivity contribution in [3.8, 4) is 6.07 Å². The number of allylic oxidation sites excluding steroid dienone is 1. The van der Waals surface area contributed by atoms with Crippen LogP contribution in [-0.2, 0) is 0 Å². The van der Waals surface area contributed by atoms with Gasteiger partial charge in [-0.1, -0.05) is 35.9 Å². The molecule has 88 valence electrons. The van der Waals surface area contributed by atoms with Crippen molar-refractivity contribution in [2.45, 2.75) is 0 Å². The Hall–Kier alpha value is -2.11. The van der Waals surface area contributed by atoms with Crippen LogP contribution in [0.4, 0.5) is 4.39 Å². The van der Waals surface area contributed by atoms with Crippen molar-refractivity contribution in [2.75, 3.05) is 0 Å². The van der Waals surface area contributed by atoms with E-state index in [1.54, 1.807) is 42.5 Å². The van der Waals surface area contributed by atoms with E-state index in [0.717, 1.165) is 11.1 Å². The van der Waals surface area contributed by atoms with E-state index < -0.39 is 0 Å². The van der Waals surface area contributed by atoms with E-state index >= 15 is 0 Å². The third-order valence-corrected chi connectivity index (χ3v) is 2.71. The molecule has 0 aliphatic rings. The van der Waals surface area contributed by atoms with E-state index in [1.165, 1.54) is 12.1 Å². The second-order valence-electron chi connectivity index (χ2n) is 3.73. The predicted molar refractivity (Wildman–Crippen MR) is 71.3 cm³/mol.